The van der Waals surface area contributed by atoms with E-state index < -0.39 is 0 Å². The van der Waals surface area contributed by atoms with Crippen LogP contribution >= 0.6 is 11.6 Å². The van der Waals surface area contributed by atoms with Crippen molar-refractivity contribution in [3.63, 3.8) is 0 Å². The largest absolute Gasteiger partial charge is 0.312 e. The van der Waals surface area contributed by atoms with Crippen LogP contribution in [-0.4, -0.2) is 17.8 Å². The predicted octanol–water partition coefficient (Wildman–Crippen LogP) is 2.77. The molecule has 3 heteroatoms. The molecule has 1 heterocycles. The van der Waals surface area contributed by atoms with E-state index in [9.17, 15) is 4.79 Å². The smallest absolute Gasteiger partial charge is 0.223 e. The number of carbonyl (C=O) groups excluding carboxylic acids is 1. The van der Waals surface area contributed by atoms with Crippen molar-refractivity contribution in [2.24, 2.45) is 0 Å². The molecule has 0 saturated heterocycles. The van der Waals surface area contributed by atoms with E-state index in [2.05, 4.69) is 12.1 Å². The summed E-state index contributed by atoms with van der Waals surface area (Å²) in [5.74, 6) is 0.122. The summed E-state index contributed by atoms with van der Waals surface area (Å²) in [6, 6.07) is 6.29. The molecule has 1 aliphatic rings. The van der Waals surface area contributed by atoms with Gasteiger partial charge < -0.3 is 4.90 Å². The van der Waals surface area contributed by atoms with Gasteiger partial charge in [-0.05, 0) is 37.0 Å². The van der Waals surface area contributed by atoms with Gasteiger partial charge in [0.1, 0.15) is 0 Å². The zero-order valence-corrected chi connectivity index (χ0v) is 10.4. The fraction of sp³-hybridized carbons (Fsp3) is 0.462. The number of halogens is 1. The number of amides is 1. The van der Waals surface area contributed by atoms with Crippen LogP contribution in [0.3, 0.4) is 0 Å². The molecule has 0 bridgehead atoms. The minimum atomic E-state index is 0.122. The summed E-state index contributed by atoms with van der Waals surface area (Å²) in [7, 11) is 0. The molecule has 0 aliphatic carbocycles. The Morgan fingerprint density at radius 2 is 2.31 bits per heavy atom. The van der Waals surface area contributed by atoms with Crippen molar-refractivity contribution in [2.75, 3.05) is 11.4 Å². The minimum absolute atomic E-state index is 0.122. The quantitative estimate of drug-likeness (QED) is 0.725. The van der Waals surface area contributed by atoms with Crippen LogP contribution in [0.5, 0.6) is 0 Å². The lowest BCUT2D eigenvalue weighted by atomic mass is 10.0. The molecule has 1 atom stereocenters. The Hall–Kier alpha value is -1.02. The molecule has 0 unspecified atom stereocenters. The first kappa shape index (κ1) is 11.5. The van der Waals surface area contributed by atoms with Crippen LogP contribution in [0.1, 0.15) is 25.0 Å². The number of alkyl halides is 1. The fourth-order valence-corrected chi connectivity index (χ4v) is 2.41. The topological polar surface area (TPSA) is 20.3 Å². The first-order valence-corrected chi connectivity index (χ1v) is 6.05. The summed E-state index contributed by atoms with van der Waals surface area (Å²) in [5.41, 5.74) is 3.59. The molecule has 2 nitrogen and oxygen atoms in total. The Morgan fingerprint density at radius 1 is 1.56 bits per heavy atom. The van der Waals surface area contributed by atoms with Gasteiger partial charge in [0.2, 0.25) is 5.91 Å². The maximum atomic E-state index is 11.4. The fourth-order valence-electron chi connectivity index (χ4n) is 2.23. The van der Waals surface area contributed by atoms with Crippen molar-refractivity contribution < 1.29 is 4.79 Å². The van der Waals surface area contributed by atoms with Gasteiger partial charge in [-0.2, -0.15) is 0 Å². The van der Waals surface area contributed by atoms with E-state index in [0.717, 1.165) is 25.1 Å². The average molecular weight is 238 g/mol. The van der Waals surface area contributed by atoms with Crippen LogP contribution in [0, 0.1) is 0 Å². The van der Waals surface area contributed by atoms with Gasteiger partial charge in [0.15, 0.2) is 0 Å². The second-order valence-corrected chi connectivity index (χ2v) is 5.11. The third-order valence-electron chi connectivity index (χ3n) is 2.94. The molecular weight excluding hydrogens is 222 g/mol. The maximum absolute atomic E-state index is 11.4. The van der Waals surface area contributed by atoms with Gasteiger partial charge in [0.25, 0.3) is 0 Å². The summed E-state index contributed by atoms with van der Waals surface area (Å²) in [5, 5.41) is 0.156. The summed E-state index contributed by atoms with van der Waals surface area (Å²) in [6.45, 7) is 4.42. The van der Waals surface area contributed by atoms with Gasteiger partial charge in [-0.3, -0.25) is 4.79 Å². The SMILES string of the molecule is CC(=O)N1CCc2cc(C[C@H](C)Cl)ccc21. The minimum Gasteiger partial charge on any atom is -0.312 e. The molecule has 1 aromatic carbocycles. The first-order chi connectivity index (χ1) is 7.58. The van der Waals surface area contributed by atoms with Gasteiger partial charge in [-0.25, -0.2) is 0 Å². The number of fused-ring (bicyclic) bond motifs is 1. The highest BCUT2D eigenvalue weighted by Crippen LogP contribution is 2.29. The van der Waals surface area contributed by atoms with Crippen molar-refractivity contribution in [2.45, 2.75) is 32.1 Å². The third kappa shape index (κ3) is 2.22. The number of hydrogen-bond donors (Lipinski definition) is 0. The Morgan fingerprint density at radius 3 is 2.94 bits per heavy atom. The molecule has 0 saturated carbocycles. The summed E-state index contributed by atoms with van der Waals surface area (Å²) < 4.78 is 0. The van der Waals surface area contributed by atoms with Crippen LogP contribution in [0.2, 0.25) is 0 Å². The molecular formula is C13H16ClNO. The van der Waals surface area contributed by atoms with E-state index in [1.807, 2.05) is 17.9 Å². The lowest BCUT2D eigenvalue weighted by Gasteiger charge is -2.15. The monoisotopic (exact) mass is 237 g/mol. The molecule has 1 aliphatic heterocycles. The Labute approximate surface area is 101 Å². The highest BCUT2D eigenvalue weighted by Gasteiger charge is 2.21. The molecule has 16 heavy (non-hydrogen) atoms. The molecule has 86 valence electrons. The summed E-state index contributed by atoms with van der Waals surface area (Å²) >= 11 is 5.98. The van der Waals surface area contributed by atoms with Gasteiger partial charge in [0.05, 0.1) is 0 Å². The van der Waals surface area contributed by atoms with Gasteiger partial charge in [-0.15, -0.1) is 11.6 Å². The van der Waals surface area contributed by atoms with Gasteiger partial charge in [-0.1, -0.05) is 12.1 Å². The highest BCUT2D eigenvalue weighted by atomic mass is 35.5. The first-order valence-electron chi connectivity index (χ1n) is 5.62. The lowest BCUT2D eigenvalue weighted by Crippen LogP contribution is -2.25. The Balaban J connectivity index is 2.25. The van der Waals surface area contributed by atoms with E-state index >= 15 is 0 Å². The summed E-state index contributed by atoms with van der Waals surface area (Å²) in [6.07, 6.45) is 1.84. The Bertz CT molecular complexity index is 414. The molecule has 2 rings (SSSR count). The predicted molar refractivity (Wildman–Crippen MR) is 67.2 cm³/mol. The molecule has 0 N–H and O–H groups in total. The third-order valence-corrected chi connectivity index (χ3v) is 3.09. The van der Waals surface area contributed by atoms with Crippen LogP contribution in [0.15, 0.2) is 18.2 Å². The zero-order valence-electron chi connectivity index (χ0n) is 9.66. The number of benzene rings is 1. The van der Waals surface area contributed by atoms with Crippen LogP contribution in [-0.2, 0) is 17.6 Å². The van der Waals surface area contributed by atoms with Crippen molar-refractivity contribution in [3.8, 4) is 0 Å². The van der Waals surface area contributed by atoms with Crippen molar-refractivity contribution in [1.82, 2.24) is 0 Å². The standard InChI is InChI=1S/C13H16ClNO/c1-9(14)7-11-3-4-13-12(8-11)5-6-15(13)10(2)16/h3-4,8-9H,5-7H2,1-2H3/t9-/m0/s1. The van der Waals surface area contributed by atoms with Crippen LogP contribution in [0.4, 0.5) is 5.69 Å². The van der Waals surface area contributed by atoms with Crippen molar-refractivity contribution >= 4 is 23.2 Å². The van der Waals surface area contributed by atoms with E-state index in [0.29, 0.717) is 0 Å². The number of nitrogens with zero attached hydrogens (tertiary/aromatic N) is 1. The normalized spacial score (nSPS) is 16.1. The molecule has 1 aromatic rings. The maximum Gasteiger partial charge on any atom is 0.223 e. The number of rotatable bonds is 2. The number of hydrogen-bond acceptors (Lipinski definition) is 1. The molecule has 1 amide bonds. The summed E-state index contributed by atoms with van der Waals surface area (Å²) in [4.78, 5) is 13.2. The second kappa shape index (κ2) is 4.46. The molecule has 0 spiro atoms. The number of anilines is 1. The average Bonchev–Trinajstić information content (AvgIpc) is 2.59. The van der Waals surface area contributed by atoms with Gasteiger partial charge in [0, 0.05) is 24.5 Å². The molecule has 0 fully saturated rings. The van der Waals surface area contributed by atoms with Crippen molar-refractivity contribution in [1.29, 1.82) is 0 Å². The van der Waals surface area contributed by atoms with E-state index in [1.165, 1.54) is 11.1 Å². The zero-order chi connectivity index (χ0) is 11.7. The number of carbonyl (C=O) groups is 1. The van der Waals surface area contributed by atoms with Crippen molar-refractivity contribution in [3.05, 3.63) is 29.3 Å². The van der Waals surface area contributed by atoms with Crippen LogP contribution < -0.4 is 4.90 Å². The van der Waals surface area contributed by atoms with Crippen LogP contribution in [0.25, 0.3) is 0 Å². The van der Waals surface area contributed by atoms with E-state index in [-0.39, 0.29) is 11.3 Å². The molecule has 0 aromatic heterocycles. The van der Waals surface area contributed by atoms with E-state index in [1.54, 1.807) is 6.92 Å². The second-order valence-electron chi connectivity index (χ2n) is 4.37. The van der Waals surface area contributed by atoms with Gasteiger partial charge >= 0.3 is 0 Å². The lowest BCUT2D eigenvalue weighted by molar-refractivity contribution is -0.116. The Kier molecular flexibility index (Phi) is 3.20. The van der Waals surface area contributed by atoms with E-state index in [4.69, 9.17) is 11.6 Å². The molecule has 0 radical (unpaired) electrons. The highest BCUT2D eigenvalue weighted by molar-refractivity contribution is 6.20.